The highest BCUT2D eigenvalue weighted by atomic mass is 35.5. The third-order valence-corrected chi connectivity index (χ3v) is 1.66. The largest absolute Gasteiger partial charge is 0.347 e. The zero-order valence-corrected chi connectivity index (χ0v) is 7.45. The summed E-state index contributed by atoms with van der Waals surface area (Å²) in [4.78, 5) is 21.9. The smallest absolute Gasteiger partial charge is 0.332 e. The van der Waals surface area contributed by atoms with E-state index in [1.165, 1.54) is 0 Å². The van der Waals surface area contributed by atoms with Crippen LogP contribution in [0.1, 0.15) is 16.8 Å². The Morgan fingerprint density at radius 1 is 1.23 bits per heavy atom. The fourth-order valence-corrected chi connectivity index (χ4v) is 0.939. The van der Waals surface area contributed by atoms with E-state index in [9.17, 15) is 9.59 Å². The number of carbonyl (C=O) groups is 2. The molecule has 0 saturated heterocycles. The van der Waals surface area contributed by atoms with Crippen molar-refractivity contribution >= 4 is 23.6 Å². The summed E-state index contributed by atoms with van der Waals surface area (Å²) in [5.74, 6) is -1.04. The van der Waals surface area contributed by atoms with Gasteiger partial charge < -0.3 is 4.29 Å². The van der Waals surface area contributed by atoms with Gasteiger partial charge in [0, 0.05) is 5.56 Å². The number of hydrogen-bond donors (Lipinski definition) is 0. The number of rotatable bonds is 3. The Bertz CT molecular complexity index is 308. The highest BCUT2D eigenvalue weighted by molar-refractivity contribution is 6.16. The third-order valence-electron chi connectivity index (χ3n) is 1.49. The lowest BCUT2D eigenvalue weighted by molar-refractivity contribution is -0.132. The second-order valence-corrected chi connectivity index (χ2v) is 2.57. The van der Waals surface area contributed by atoms with Gasteiger partial charge in [-0.1, -0.05) is 30.3 Å². The first kappa shape index (κ1) is 9.74. The van der Waals surface area contributed by atoms with Crippen molar-refractivity contribution < 1.29 is 13.9 Å². The summed E-state index contributed by atoms with van der Waals surface area (Å²) in [7, 11) is 0. The maximum absolute atomic E-state index is 11.3. The number of ketones is 1. The van der Waals surface area contributed by atoms with Crippen LogP contribution < -0.4 is 0 Å². The molecule has 0 unspecified atom stereocenters. The second kappa shape index (κ2) is 4.62. The molecular formula is C9H7ClO3. The monoisotopic (exact) mass is 198 g/mol. The van der Waals surface area contributed by atoms with Gasteiger partial charge in [0.1, 0.15) is 18.3 Å². The van der Waals surface area contributed by atoms with Gasteiger partial charge in [-0.2, -0.15) is 0 Å². The average Bonchev–Trinajstić information content (AvgIpc) is 2.19. The summed E-state index contributed by atoms with van der Waals surface area (Å²) in [6.07, 6.45) is -0.326. The van der Waals surface area contributed by atoms with Gasteiger partial charge in [-0.15, -0.1) is 0 Å². The van der Waals surface area contributed by atoms with E-state index < -0.39 is 5.97 Å². The third kappa shape index (κ3) is 2.87. The molecule has 0 heterocycles. The minimum Gasteiger partial charge on any atom is -0.347 e. The summed E-state index contributed by atoms with van der Waals surface area (Å²) in [5, 5.41) is 0. The molecule has 0 aliphatic carbocycles. The van der Waals surface area contributed by atoms with Crippen LogP contribution >= 0.6 is 11.9 Å². The van der Waals surface area contributed by atoms with Crippen LogP contribution in [-0.2, 0) is 9.08 Å². The van der Waals surface area contributed by atoms with Crippen LogP contribution in [0.5, 0.6) is 0 Å². The van der Waals surface area contributed by atoms with Crippen LogP contribution in [0.3, 0.4) is 0 Å². The molecule has 4 heteroatoms. The van der Waals surface area contributed by atoms with Gasteiger partial charge in [0.25, 0.3) is 0 Å². The first-order valence-corrected chi connectivity index (χ1v) is 3.94. The van der Waals surface area contributed by atoms with Crippen molar-refractivity contribution in [3.63, 3.8) is 0 Å². The van der Waals surface area contributed by atoms with Crippen molar-refractivity contribution in [2.24, 2.45) is 0 Å². The van der Waals surface area contributed by atoms with E-state index in [2.05, 4.69) is 4.29 Å². The van der Waals surface area contributed by atoms with E-state index >= 15 is 0 Å². The minimum absolute atomic E-state index is 0.300. The van der Waals surface area contributed by atoms with Gasteiger partial charge in [0.15, 0.2) is 5.78 Å². The molecule has 0 aliphatic rings. The van der Waals surface area contributed by atoms with Crippen LogP contribution in [0.15, 0.2) is 30.3 Å². The fraction of sp³-hybridized carbons (Fsp3) is 0.111. The Labute approximate surface area is 80.4 Å². The van der Waals surface area contributed by atoms with E-state index in [1.807, 2.05) is 0 Å². The average molecular weight is 199 g/mol. The van der Waals surface area contributed by atoms with Crippen molar-refractivity contribution in [3.8, 4) is 0 Å². The molecular weight excluding hydrogens is 192 g/mol. The molecule has 0 fully saturated rings. The number of carbonyl (C=O) groups excluding carboxylic acids is 2. The Morgan fingerprint density at radius 2 is 1.85 bits per heavy atom. The Kier molecular flexibility index (Phi) is 3.46. The fourth-order valence-electron chi connectivity index (χ4n) is 0.884. The summed E-state index contributed by atoms with van der Waals surface area (Å²) >= 11 is 4.78. The molecule has 0 aliphatic heterocycles. The topological polar surface area (TPSA) is 43.4 Å². The maximum Gasteiger partial charge on any atom is 0.332 e. The number of halogens is 1. The van der Waals surface area contributed by atoms with Gasteiger partial charge in [0.2, 0.25) is 0 Å². The lowest BCUT2D eigenvalue weighted by Crippen LogP contribution is -2.07. The maximum atomic E-state index is 11.3. The molecule has 0 spiro atoms. The van der Waals surface area contributed by atoms with Crippen LogP contribution in [0, 0.1) is 0 Å². The van der Waals surface area contributed by atoms with E-state index in [1.54, 1.807) is 30.3 Å². The highest BCUT2D eigenvalue weighted by Gasteiger charge is 2.11. The van der Waals surface area contributed by atoms with Crippen molar-refractivity contribution in [1.29, 1.82) is 0 Å². The van der Waals surface area contributed by atoms with Crippen molar-refractivity contribution in [3.05, 3.63) is 35.9 Å². The lowest BCUT2D eigenvalue weighted by Gasteiger charge is -1.96. The van der Waals surface area contributed by atoms with Gasteiger partial charge in [-0.05, 0) is 0 Å². The van der Waals surface area contributed by atoms with Crippen molar-refractivity contribution in [2.45, 2.75) is 6.42 Å². The molecule has 0 amide bonds. The Hall–Kier alpha value is -1.35. The van der Waals surface area contributed by atoms with Crippen LogP contribution in [-0.4, -0.2) is 11.8 Å². The summed E-state index contributed by atoms with van der Waals surface area (Å²) < 4.78 is 3.85. The van der Waals surface area contributed by atoms with Gasteiger partial charge >= 0.3 is 5.97 Å². The molecule has 0 N–H and O–H groups in total. The minimum atomic E-state index is -0.740. The van der Waals surface area contributed by atoms with E-state index in [4.69, 9.17) is 11.9 Å². The van der Waals surface area contributed by atoms with Crippen LogP contribution in [0.2, 0.25) is 0 Å². The van der Waals surface area contributed by atoms with Crippen molar-refractivity contribution in [1.82, 2.24) is 0 Å². The van der Waals surface area contributed by atoms with Gasteiger partial charge in [0.05, 0.1) is 0 Å². The number of Topliss-reactive ketones (excluding diaryl/α,β-unsaturated/α-hetero) is 1. The predicted molar refractivity (Wildman–Crippen MR) is 47.3 cm³/mol. The molecule has 1 rings (SSSR count). The van der Waals surface area contributed by atoms with E-state index in [-0.39, 0.29) is 12.2 Å². The predicted octanol–water partition coefficient (Wildman–Crippen LogP) is 1.96. The Balaban J connectivity index is 2.65. The van der Waals surface area contributed by atoms with Gasteiger partial charge in [-0.3, -0.25) is 9.59 Å². The zero-order valence-electron chi connectivity index (χ0n) is 6.70. The Morgan fingerprint density at radius 3 is 2.38 bits per heavy atom. The summed E-state index contributed by atoms with van der Waals surface area (Å²) in [5.41, 5.74) is 0.476. The lowest BCUT2D eigenvalue weighted by atomic mass is 10.1. The molecule has 0 saturated carbocycles. The van der Waals surface area contributed by atoms with Crippen LogP contribution in [0.25, 0.3) is 0 Å². The van der Waals surface area contributed by atoms with E-state index in [0.29, 0.717) is 5.56 Å². The SMILES string of the molecule is O=C(CC(=O)c1ccccc1)OCl. The second-order valence-electron chi connectivity index (χ2n) is 2.42. The summed E-state index contributed by atoms with van der Waals surface area (Å²) in [6.45, 7) is 0. The number of benzene rings is 1. The molecule has 0 atom stereocenters. The highest BCUT2D eigenvalue weighted by Crippen LogP contribution is 2.04. The van der Waals surface area contributed by atoms with E-state index in [0.717, 1.165) is 0 Å². The molecule has 1 aromatic rings. The van der Waals surface area contributed by atoms with Gasteiger partial charge in [-0.25, -0.2) is 0 Å². The first-order chi connectivity index (χ1) is 6.24. The molecule has 1 aromatic carbocycles. The summed E-state index contributed by atoms with van der Waals surface area (Å²) in [6, 6.07) is 8.49. The molecule has 68 valence electrons. The zero-order chi connectivity index (χ0) is 9.68. The standard InChI is InChI=1S/C9H7ClO3/c10-13-9(12)6-8(11)7-4-2-1-3-5-7/h1-5H,6H2. The normalized spacial score (nSPS) is 9.31. The molecule has 13 heavy (non-hydrogen) atoms. The first-order valence-electron chi connectivity index (χ1n) is 3.63. The molecule has 0 radical (unpaired) electrons. The number of hydrogen-bond acceptors (Lipinski definition) is 3. The quantitative estimate of drug-likeness (QED) is 0.551. The molecule has 0 aromatic heterocycles. The van der Waals surface area contributed by atoms with Crippen LogP contribution in [0.4, 0.5) is 0 Å². The molecule has 3 nitrogen and oxygen atoms in total. The van der Waals surface area contributed by atoms with Crippen molar-refractivity contribution in [2.75, 3.05) is 0 Å². The molecule has 0 bridgehead atoms.